The fourth-order valence-electron chi connectivity index (χ4n) is 4.57. The van der Waals surface area contributed by atoms with Crippen molar-refractivity contribution in [2.24, 2.45) is 7.05 Å². The van der Waals surface area contributed by atoms with Gasteiger partial charge in [0.2, 0.25) is 0 Å². The number of rotatable bonds is 7. The van der Waals surface area contributed by atoms with E-state index in [0.717, 1.165) is 22.4 Å². The maximum atomic E-state index is 11.0. The van der Waals surface area contributed by atoms with E-state index in [1.54, 1.807) is 0 Å². The summed E-state index contributed by atoms with van der Waals surface area (Å²) in [5.74, 6) is -0.0117. The number of carbonyl (C=O) groups is 1. The monoisotopic (exact) mass is 424 g/mol. The molecular formula is C23H28N4O4. The first kappa shape index (κ1) is 21.1. The van der Waals surface area contributed by atoms with E-state index in [4.69, 9.17) is 10.1 Å². The molecule has 8 nitrogen and oxygen atoms in total. The van der Waals surface area contributed by atoms with Crippen LogP contribution in [-0.4, -0.2) is 36.9 Å². The summed E-state index contributed by atoms with van der Waals surface area (Å²) in [6.07, 6.45) is 1.91. The van der Waals surface area contributed by atoms with Crippen LogP contribution in [0.3, 0.4) is 0 Å². The summed E-state index contributed by atoms with van der Waals surface area (Å²) in [5.41, 5.74) is 9.95. The number of nitrogens with one attached hydrogen (secondary N) is 2. The molecule has 31 heavy (non-hydrogen) atoms. The lowest BCUT2D eigenvalue weighted by Gasteiger charge is -2.24. The Labute approximate surface area is 180 Å². The number of carboxylic acids is 1. The average Bonchev–Trinajstić information content (AvgIpc) is 3.29. The Hall–Kier alpha value is -3.10. The minimum absolute atomic E-state index is 0.0175. The summed E-state index contributed by atoms with van der Waals surface area (Å²) in [5, 5.41) is 29.8. The van der Waals surface area contributed by atoms with Crippen LogP contribution in [0.1, 0.15) is 55.1 Å². The van der Waals surface area contributed by atoms with Gasteiger partial charge in [-0.3, -0.25) is 10.2 Å². The van der Waals surface area contributed by atoms with Crippen LogP contribution in [0, 0.1) is 0 Å². The first-order chi connectivity index (χ1) is 14.9. The number of carboxylic acid groups (broad SMARTS) is 1. The molecule has 0 amide bonds. The van der Waals surface area contributed by atoms with E-state index in [1.165, 1.54) is 6.07 Å². The van der Waals surface area contributed by atoms with E-state index in [1.807, 2.05) is 44.3 Å². The normalized spacial score (nSPS) is 21.0. The number of benzene rings is 2. The van der Waals surface area contributed by atoms with Gasteiger partial charge in [0, 0.05) is 31.1 Å². The van der Waals surface area contributed by atoms with E-state index in [0.29, 0.717) is 24.8 Å². The van der Waals surface area contributed by atoms with E-state index in [9.17, 15) is 15.0 Å². The number of phenolic OH excluding ortho intramolecular Hbond substituents is 2. The van der Waals surface area contributed by atoms with Crippen molar-refractivity contribution in [3.8, 4) is 11.5 Å². The van der Waals surface area contributed by atoms with Crippen molar-refractivity contribution in [1.82, 2.24) is 20.4 Å². The number of hydrogen-bond acceptors (Lipinski definition) is 6. The molecule has 0 spiro atoms. The average molecular weight is 425 g/mol. The van der Waals surface area contributed by atoms with Crippen molar-refractivity contribution in [3.05, 3.63) is 53.3 Å². The minimum Gasteiger partial charge on any atom is -0.508 e. The second-order valence-corrected chi connectivity index (χ2v) is 8.10. The van der Waals surface area contributed by atoms with Crippen molar-refractivity contribution in [2.75, 3.05) is 0 Å². The quantitative estimate of drug-likeness (QED) is 0.395. The molecule has 4 rings (SSSR count). The third kappa shape index (κ3) is 3.96. The van der Waals surface area contributed by atoms with Crippen LogP contribution < -0.4 is 10.9 Å². The second-order valence-electron chi connectivity index (χ2n) is 8.10. The Kier molecular flexibility index (Phi) is 5.84. The van der Waals surface area contributed by atoms with Crippen LogP contribution in [0.5, 0.6) is 11.5 Å². The number of imidazole rings is 1. The number of aliphatic carboxylic acids is 1. The predicted octanol–water partition coefficient (Wildman–Crippen LogP) is 3.10. The van der Waals surface area contributed by atoms with Crippen LogP contribution in [-0.2, 0) is 18.3 Å². The van der Waals surface area contributed by atoms with Crippen LogP contribution >= 0.6 is 0 Å². The molecule has 1 fully saturated rings. The number of nitrogens with zero attached hydrogens (tertiary/aromatic N) is 2. The Morgan fingerprint density at radius 1 is 1.16 bits per heavy atom. The maximum Gasteiger partial charge on any atom is 0.303 e. The summed E-state index contributed by atoms with van der Waals surface area (Å²) < 4.78 is 2.06. The molecule has 0 radical (unpaired) electrons. The molecule has 2 aromatic carbocycles. The smallest absolute Gasteiger partial charge is 0.303 e. The maximum absolute atomic E-state index is 11.0. The molecule has 8 heteroatoms. The first-order valence-corrected chi connectivity index (χ1v) is 10.6. The van der Waals surface area contributed by atoms with Gasteiger partial charge in [0.15, 0.2) is 0 Å². The molecule has 1 aliphatic heterocycles. The fourth-order valence-corrected chi connectivity index (χ4v) is 4.57. The summed E-state index contributed by atoms with van der Waals surface area (Å²) in [6, 6.07) is 10.8. The highest BCUT2D eigenvalue weighted by molar-refractivity contribution is 5.76. The van der Waals surface area contributed by atoms with Gasteiger partial charge in [-0.1, -0.05) is 19.1 Å². The number of hydrazine groups is 1. The number of aromatic nitrogens is 2. The summed E-state index contributed by atoms with van der Waals surface area (Å²) in [7, 11) is 1.97. The first-order valence-electron chi connectivity index (χ1n) is 10.6. The van der Waals surface area contributed by atoms with Crippen molar-refractivity contribution >= 4 is 17.0 Å². The molecule has 3 atom stereocenters. The number of para-hydroxylation sites is 2. The lowest BCUT2D eigenvalue weighted by Crippen LogP contribution is -2.32. The Bertz CT molecular complexity index is 1110. The third-order valence-electron chi connectivity index (χ3n) is 6.19. The van der Waals surface area contributed by atoms with Gasteiger partial charge in [-0.25, -0.2) is 10.4 Å². The van der Waals surface area contributed by atoms with Crippen molar-refractivity contribution < 1.29 is 20.1 Å². The van der Waals surface area contributed by atoms with E-state index < -0.39 is 5.97 Å². The zero-order chi connectivity index (χ0) is 22.1. The fraction of sp³-hybridized carbons (Fsp3) is 0.391. The van der Waals surface area contributed by atoms with E-state index in [2.05, 4.69) is 15.4 Å². The summed E-state index contributed by atoms with van der Waals surface area (Å²) in [4.78, 5) is 15.9. The molecule has 1 saturated heterocycles. The predicted molar refractivity (Wildman–Crippen MR) is 117 cm³/mol. The third-order valence-corrected chi connectivity index (χ3v) is 6.19. The van der Waals surface area contributed by atoms with Crippen LogP contribution in [0.4, 0.5) is 0 Å². The standard InChI is InChI=1S/C23H28N4O4/c1-3-13-11-14(19(29)12-18(13)28)22-21(16(25-26-22)8-6-10-20(30)31)23-24-15-7-4-5-9-17(15)27(23)2/h4-5,7,9,11-12,16,21-22,25-26,28-29H,3,6,8,10H2,1-2H3,(H,30,31). The SMILES string of the molecule is CCc1cc(C2NNC(CCCC(=O)O)C2c2nc3ccccc3n2C)c(O)cc1O. The van der Waals surface area contributed by atoms with Gasteiger partial charge in [-0.2, -0.15) is 0 Å². The molecule has 0 saturated carbocycles. The molecule has 0 aliphatic carbocycles. The highest BCUT2D eigenvalue weighted by Crippen LogP contribution is 2.43. The largest absolute Gasteiger partial charge is 0.508 e. The molecular weight excluding hydrogens is 396 g/mol. The Balaban J connectivity index is 1.77. The van der Waals surface area contributed by atoms with Crippen LogP contribution in [0.25, 0.3) is 11.0 Å². The van der Waals surface area contributed by atoms with Crippen molar-refractivity contribution in [1.29, 1.82) is 0 Å². The summed E-state index contributed by atoms with van der Waals surface area (Å²) >= 11 is 0. The number of hydrogen-bond donors (Lipinski definition) is 5. The number of fused-ring (bicyclic) bond motifs is 1. The van der Waals surface area contributed by atoms with Gasteiger partial charge in [0.1, 0.15) is 17.3 Å². The van der Waals surface area contributed by atoms with Gasteiger partial charge < -0.3 is 19.9 Å². The van der Waals surface area contributed by atoms with Gasteiger partial charge in [0.05, 0.1) is 23.0 Å². The second kappa shape index (κ2) is 8.56. The van der Waals surface area contributed by atoms with Crippen molar-refractivity contribution in [3.63, 3.8) is 0 Å². The zero-order valence-corrected chi connectivity index (χ0v) is 17.7. The number of aromatic hydroxyl groups is 2. The van der Waals surface area contributed by atoms with Gasteiger partial charge >= 0.3 is 5.97 Å². The highest BCUT2D eigenvalue weighted by Gasteiger charge is 2.41. The molecule has 0 bridgehead atoms. The van der Waals surface area contributed by atoms with Gasteiger partial charge in [-0.05, 0) is 43.0 Å². The number of aryl methyl sites for hydroxylation is 2. The molecule has 5 N–H and O–H groups in total. The lowest BCUT2D eigenvalue weighted by molar-refractivity contribution is -0.137. The molecule has 1 aromatic heterocycles. The summed E-state index contributed by atoms with van der Waals surface area (Å²) in [6.45, 7) is 1.95. The Morgan fingerprint density at radius 3 is 2.65 bits per heavy atom. The highest BCUT2D eigenvalue weighted by atomic mass is 16.4. The molecule has 2 heterocycles. The molecule has 3 aromatic rings. The van der Waals surface area contributed by atoms with Gasteiger partial charge in [-0.15, -0.1) is 0 Å². The van der Waals surface area contributed by atoms with Crippen molar-refractivity contribution in [2.45, 2.75) is 50.6 Å². The lowest BCUT2D eigenvalue weighted by atomic mass is 9.85. The van der Waals surface area contributed by atoms with E-state index in [-0.39, 0.29) is 35.9 Å². The Morgan fingerprint density at radius 2 is 1.94 bits per heavy atom. The molecule has 1 aliphatic rings. The van der Waals surface area contributed by atoms with Crippen LogP contribution in [0.2, 0.25) is 0 Å². The molecule has 3 unspecified atom stereocenters. The zero-order valence-electron chi connectivity index (χ0n) is 17.7. The molecule has 164 valence electrons. The number of phenols is 2. The topological polar surface area (TPSA) is 120 Å². The van der Waals surface area contributed by atoms with E-state index >= 15 is 0 Å². The van der Waals surface area contributed by atoms with Gasteiger partial charge in [0.25, 0.3) is 0 Å². The minimum atomic E-state index is -0.814. The van der Waals surface area contributed by atoms with Crippen LogP contribution in [0.15, 0.2) is 36.4 Å².